The topological polar surface area (TPSA) is 85.2 Å². The van der Waals surface area contributed by atoms with E-state index in [1.807, 2.05) is 0 Å². The number of rotatable bonds is 2. The van der Waals surface area contributed by atoms with Crippen molar-refractivity contribution < 1.29 is 14.0 Å². The van der Waals surface area contributed by atoms with Gasteiger partial charge in [0.1, 0.15) is 18.6 Å². The third kappa shape index (κ3) is 1.43. The van der Waals surface area contributed by atoms with Gasteiger partial charge >= 0.3 is 0 Å². The number of aliphatic hydroxyl groups is 1. The fourth-order valence-electron chi connectivity index (χ4n) is 0.889. The molecule has 0 aliphatic carbocycles. The summed E-state index contributed by atoms with van der Waals surface area (Å²) in [5.74, 6) is 1.02. The van der Waals surface area contributed by atoms with Crippen LogP contribution in [-0.2, 0) is 6.61 Å². The first kappa shape index (κ1) is 7.93. The van der Waals surface area contributed by atoms with Crippen molar-refractivity contribution in [2.45, 2.75) is 13.5 Å². The second-order valence-corrected chi connectivity index (χ2v) is 2.42. The normalized spacial score (nSPS) is 10.6. The molecule has 0 fully saturated rings. The number of oxazole rings is 1. The number of aryl methyl sites for hydroxylation is 1. The van der Waals surface area contributed by atoms with Crippen LogP contribution in [0.4, 0.5) is 0 Å². The highest BCUT2D eigenvalue weighted by molar-refractivity contribution is 5.45. The van der Waals surface area contributed by atoms with Crippen LogP contribution in [0.15, 0.2) is 15.2 Å². The van der Waals surface area contributed by atoms with Crippen LogP contribution >= 0.6 is 0 Å². The highest BCUT2D eigenvalue weighted by atomic mass is 16.5. The van der Waals surface area contributed by atoms with Crippen molar-refractivity contribution >= 4 is 0 Å². The maximum Gasteiger partial charge on any atom is 0.252 e. The fraction of sp³-hybridized carbons (Fsp3) is 0.286. The molecule has 13 heavy (non-hydrogen) atoms. The number of aromatic nitrogens is 3. The summed E-state index contributed by atoms with van der Waals surface area (Å²) in [5, 5.41) is 12.3. The molecule has 6 heteroatoms. The maximum atomic E-state index is 8.66. The van der Waals surface area contributed by atoms with E-state index in [4.69, 9.17) is 9.52 Å². The molecule has 0 aromatic carbocycles. The lowest BCUT2D eigenvalue weighted by Crippen LogP contribution is -1.83. The molecule has 2 rings (SSSR count). The first-order valence-electron chi connectivity index (χ1n) is 3.65. The van der Waals surface area contributed by atoms with Crippen molar-refractivity contribution in [3.8, 4) is 11.5 Å². The minimum Gasteiger partial charge on any atom is -0.449 e. The Morgan fingerprint density at radius 2 is 2.31 bits per heavy atom. The van der Waals surface area contributed by atoms with Gasteiger partial charge in [0.05, 0.1) is 0 Å². The average Bonchev–Trinajstić information content (AvgIpc) is 2.71. The van der Waals surface area contributed by atoms with Gasteiger partial charge in [-0.05, 0) is 0 Å². The van der Waals surface area contributed by atoms with Crippen LogP contribution in [0.1, 0.15) is 11.8 Å². The molecule has 0 saturated heterocycles. The van der Waals surface area contributed by atoms with E-state index in [-0.39, 0.29) is 12.5 Å². The lowest BCUT2D eigenvalue weighted by Gasteiger charge is -1.79. The van der Waals surface area contributed by atoms with Gasteiger partial charge in [0.25, 0.3) is 5.89 Å². The Hall–Kier alpha value is -1.69. The van der Waals surface area contributed by atoms with Gasteiger partial charge < -0.3 is 14.0 Å². The van der Waals surface area contributed by atoms with E-state index < -0.39 is 0 Å². The minimum atomic E-state index is -0.274. The smallest absolute Gasteiger partial charge is 0.252 e. The number of aliphatic hydroxyl groups excluding tert-OH is 1. The summed E-state index contributed by atoms with van der Waals surface area (Å²) in [6.07, 6.45) is 1.43. The summed E-state index contributed by atoms with van der Waals surface area (Å²) in [4.78, 5) is 7.86. The highest BCUT2D eigenvalue weighted by Crippen LogP contribution is 2.14. The maximum absolute atomic E-state index is 8.66. The molecule has 0 radical (unpaired) electrons. The summed E-state index contributed by atoms with van der Waals surface area (Å²) >= 11 is 0. The Labute approximate surface area is 73.2 Å². The quantitative estimate of drug-likeness (QED) is 0.727. The molecule has 0 aliphatic rings. The Balaban J connectivity index is 2.35. The minimum absolute atomic E-state index is 0.163. The molecule has 6 nitrogen and oxygen atoms in total. The highest BCUT2D eigenvalue weighted by Gasteiger charge is 2.10. The molecule has 0 saturated carbocycles. The van der Waals surface area contributed by atoms with Gasteiger partial charge in [-0.15, -0.1) is 0 Å². The fourth-order valence-corrected chi connectivity index (χ4v) is 0.889. The van der Waals surface area contributed by atoms with E-state index in [1.165, 1.54) is 6.26 Å². The van der Waals surface area contributed by atoms with Gasteiger partial charge in [-0.25, -0.2) is 4.98 Å². The van der Waals surface area contributed by atoms with E-state index in [2.05, 4.69) is 19.6 Å². The molecule has 0 aliphatic heterocycles. The van der Waals surface area contributed by atoms with Crippen LogP contribution in [0.2, 0.25) is 0 Å². The molecule has 0 spiro atoms. The predicted octanol–water partition coefficient (Wildman–Crippen LogP) is 0.525. The molecule has 68 valence electrons. The van der Waals surface area contributed by atoms with Gasteiger partial charge in [0.15, 0.2) is 5.89 Å². The van der Waals surface area contributed by atoms with Crippen molar-refractivity contribution in [1.82, 2.24) is 15.1 Å². The summed E-state index contributed by atoms with van der Waals surface area (Å²) in [7, 11) is 0. The van der Waals surface area contributed by atoms with Crippen molar-refractivity contribution in [2.24, 2.45) is 0 Å². The molecule has 2 heterocycles. The zero-order chi connectivity index (χ0) is 9.26. The van der Waals surface area contributed by atoms with Crippen LogP contribution in [-0.4, -0.2) is 20.2 Å². The summed E-state index contributed by atoms with van der Waals surface area (Å²) in [5.41, 5.74) is 0.501. The first-order valence-corrected chi connectivity index (χ1v) is 3.65. The molecule has 0 bridgehead atoms. The number of nitrogens with zero attached hydrogens (tertiary/aromatic N) is 3. The lowest BCUT2D eigenvalue weighted by atomic mass is 10.5. The largest absolute Gasteiger partial charge is 0.449 e. The third-order valence-corrected chi connectivity index (χ3v) is 1.45. The zero-order valence-electron chi connectivity index (χ0n) is 6.89. The molecule has 0 unspecified atom stereocenters. The molecule has 1 N–H and O–H groups in total. The Bertz CT molecular complexity index is 407. The molecular formula is C7H7N3O3. The molecular weight excluding hydrogens is 174 g/mol. The van der Waals surface area contributed by atoms with E-state index in [0.717, 1.165) is 0 Å². The second-order valence-electron chi connectivity index (χ2n) is 2.42. The lowest BCUT2D eigenvalue weighted by molar-refractivity contribution is 0.222. The Kier molecular flexibility index (Phi) is 1.82. The van der Waals surface area contributed by atoms with Gasteiger partial charge in [-0.3, -0.25) is 0 Å². The molecule has 2 aromatic heterocycles. The second kappa shape index (κ2) is 2.98. The van der Waals surface area contributed by atoms with E-state index in [0.29, 0.717) is 17.4 Å². The van der Waals surface area contributed by atoms with Crippen molar-refractivity contribution in [3.05, 3.63) is 18.0 Å². The van der Waals surface area contributed by atoms with Gasteiger partial charge in [-0.2, -0.15) is 4.98 Å². The van der Waals surface area contributed by atoms with Crippen molar-refractivity contribution in [3.63, 3.8) is 0 Å². The predicted molar refractivity (Wildman–Crippen MR) is 40.5 cm³/mol. The third-order valence-electron chi connectivity index (χ3n) is 1.45. The number of hydrogen-bond acceptors (Lipinski definition) is 6. The van der Waals surface area contributed by atoms with E-state index in [9.17, 15) is 0 Å². The summed E-state index contributed by atoms with van der Waals surface area (Å²) in [6, 6.07) is 0. The van der Waals surface area contributed by atoms with Crippen molar-refractivity contribution in [1.29, 1.82) is 0 Å². The van der Waals surface area contributed by atoms with Gasteiger partial charge in [0.2, 0.25) is 5.82 Å². The molecule has 0 atom stereocenters. The monoisotopic (exact) mass is 181 g/mol. The average molecular weight is 181 g/mol. The van der Waals surface area contributed by atoms with Crippen LogP contribution in [0, 0.1) is 6.92 Å². The van der Waals surface area contributed by atoms with Gasteiger partial charge in [0, 0.05) is 6.92 Å². The number of hydrogen-bond donors (Lipinski definition) is 1. The van der Waals surface area contributed by atoms with Crippen LogP contribution < -0.4 is 0 Å². The summed E-state index contributed by atoms with van der Waals surface area (Å²) < 4.78 is 9.65. The first-order chi connectivity index (χ1) is 6.29. The Morgan fingerprint density at radius 1 is 1.46 bits per heavy atom. The van der Waals surface area contributed by atoms with Crippen LogP contribution in [0.3, 0.4) is 0 Å². The Morgan fingerprint density at radius 3 is 2.85 bits per heavy atom. The van der Waals surface area contributed by atoms with Crippen molar-refractivity contribution in [2.75, 3.05) is 0 Å². The SMILES string of the molecule is Cc1nc(-c2noc(CO)n2)co1. The van der Waals surface area contributed by atoms with Crippen LogP contribution in [0.5, 0.6) is 0 Å². The summed E-state index contributed by atoms with van der Waals surface area (Å²) in [6.45, 7) is 1.44. The standard InChI is InChI=1S/C7H7N3O3/c1-4-8-5(3-12-4)7-9-6(2-11)13-10-7/h3,11H,2H2,1H3. The zero-order valence-corrected chi connectivity index (χ0v) is 6.89. The van der Waals surface area contributed by atoms with Gasteiger partial charge in [-0.1, -0.05) is 5.16 Å². The molecule has 0 amide bonds. The molecule has 2 aromatic rings. The van der Waals surface area contributed by atoms with E-state index in [1.54, 1.807) is 6.92 Å². The van der Waals surface area contributed by atoms with Crippen LogP contribution in [0.25, 0.3) is 11.5 Å². The van der Waals surface area contributed by atoms with E-state index >= 15 is 0 Å².